The Balaban J connectivity index is 1.76. The third-order valence-electron chi connectivity index (χ3n) is 3.72. The van der Waals surface area contributed by atoms with Gasteiger partial charge in [0.15, 0.2) is 5.13 Å². The minimum Gasteiger partial charge on any atom is -0.375 e. The maximum absolute atomic E-state index is 12.0. The molecule has 0 saturated heterocycles. The van der Waals surface area contributed by atoms with E-state index in [1.165, 1.54) is 37.0 Å². The number of carbonyl (C=O) groups excluding carboxylic acids is 1. The van der Waals surface area contributed by atoms with Crippen molar-refractivity contribution in [2.45, 2.75) is 38.6 Å². The summed E-state index contributed by atoms with van der Waals surface area (Å²) in [6, 6.07) is 0.692. The molecular formula is C13H22N4OS. The second-order valence-corrected chi connectivity index (χ2v) is 6.17. The van der Waals surface area contributed by atoms with Crippen LogP contribution in [0.2, 0.25) is 0 Å². The third-order valence-corrected chi connectivity index (χ3v) is 4.70. The summed E-state index contributed by atoms with van der Waals surface area (Å²) in [5, 5.41) is 3.39. The smallest absolute Gasteiger partial charge is 0.263 e. The molecule has 19 heavy (non-hydrogen) atoms. The minimum absolute atomic E-state index is 0.0634. The first-order valence-electron chi connectivity index (χ1n) is 6.79. The highest BCUT2D eigenvalue weighted by Gasteiger charge is 2.19. The zero-order valence-electron chi connectivity index (χ0n) is 11.6. The maximum atomic E-state index is 12.0. The Morgan fingerprint density at radius 3 is 2.79 bits per heavy atom. The number of aromatic nitrogens is 1. The van der Waals surface area contributed by atoms with Crippen molar-refractivity contribution in [2.24, 2.45) is 0 Å². The predicted molar refractivity (Wildman–Crippen MR) is 78.5 cm³/mol. The number of nitrogens with two attached hydrogens (primary N) is 1. The minimum atomic E-state index is -0.0634. The van der Waals surface area contributed by atoms with Crippen LogP contribution in [0.3, 0.4) is 0 Å². The molecular weight excluding hydrogens is 260 g/mol. The normalized spacial score (nSPS) is 16.2. The highest BCUT2D eigenvalue weighted by Crippen LogP contribution is 2.22. The van der Waals surface area contributed by atoms with E-state index in [0.29, 0.717) is 28.3 Å². The highest BCUT2D eigenvalue weighted by molar-refractivity contribution is 7.17. The first-order valence-corrected chi connectivity index (χ1v) is 7.61. The van der Waals surface area contributed by atoms with Crippen molar-refractivity contribution < 1.29 is 4.79 Å². The summed E-state index contributed by atoms with van der Waals surface area (Å²) in [4.78, 5) is 19.0. The van der Waals surface area contributed by atoms with Gasteiger partial charge in [-0.05, 0) is 26.8 Å². The molecule has 0 aromatic carbocycles. The Morgan fingerprint density at radius 2 is 2.21 bits per heavy atom. The lowest BCUT2D eigenvalue weighted by molar-refractivity contribution is 0.0950. The SMILES string of the molecule is Cc1nc(N)sc1C(=O)NCCN(C)C1CCCC1. The second-order valence-electron chi connectivity index (χ2n) is 5.14. The van der Waals surface area contributed by atoms with E-state index in [2.05, 4.69) is 22.2 Å². The van der Waals surface area contributed by atoms with Crippen LogP contribution in [-0.4, -0.2) is 42.0 Å². The van der Waals surface area contributed by atoms with E-state index in [-0.39, 0.29) is 5.91 Å². The van der Waals surface area contributed by atoms with Crippen LogP contribution in [0, 0.1) is 6.92 Å². The number of anilines is 1. The quantitative estimate of drug-likeness (QED) is 0.861. The van der Waals surface area contributed by atoms with Crippen LogP contribution in [0.5, 0.6) is 0 Å². The summed E-state index contributed by atoms with van der Waals surface area (Å²) in [6.45, 7) is 3.37. The van der Waals surface area contributed by atoms with Crippen molar-refractivity contribution in [1.29, 1.82) is 0 Å². The number of thiazole rings is 1. The number of amides is 1. The molecule has 1 aliphatic carbocycles. The molecule has 1 aliphatic rings. The molecule has 1 saturated carbocycles. The standard InChI is InChI=1S/C13H22N4OS/c1-9-11(19-13(14)16-9)12(18)15-7-8-17(2)10-5-3-4-6-10/h10H,3-8H2,1-2H3,(H2,14,16)(H,15,18). The number of hydrogen-bond acceptors (Lipinski definition) is 5. The van der Waals surface area contributed by atoms with Gasteiger partial charge in [-0.15, -0.1) is 0 Å². The fourth-order valence-corrected chi connectivity index (χ4v) is 3.33. The van der Waals surface area contributed by atoms with Crippen molar-refractivity contribution in [3.63, 3.8) is 0 Å². The lowest BCUT2D eigenvalue weighted by Gasteiger charge is -2.23. The van der Waals surface area contributed by atoms with Crippen LogP contribution in [0.4, 0.5) is 5.13 Å². The number of rotatable bonds is 5. The number of likely N-dealkylation sites (N-methyl/N-ethyl adjacent to an activating group) is 1. The van der Waals surface area contributed by atoms with Gasteiger partial charge >= 0.3 is 0 Å². The number of carbonyl (C=O) groups is 1. The zero-order chi connectivity index (χ0) is 13.8. The van der Waals surface area contributed by atoms with Gasteiger partial charge in [-0.3, -0.25) is 4.79 Å². The number of nitrogens with zero attached hydrogens (tertiary/aromatic N) is 2. The van der Waals surface area contributed by atoms with E-state index in [4.69, 9.17) is 5.73 Å². The molecule has 106 valence electrons. The lowest BCUT2D eigenvalue weighted by Crippen LogP contribution is -2.37. The average molecular weight is 282 g/mol. The Hall–Kier alpha value is -1.14. The molecule has 0 spiro atoms. The summed E-state index contributed by atoms with van der Waals surface area (Å²) >= 11 is 1.25. The Morgan fingerprint density at radius 1 is 1.53 bits per heavy atom. The Kier molecular flexibility index (Phi) is 4.76. The van der Waals surface area contributed by atoms with Gasteiger partial charge in [0.1, 0.15) is 4.88 Å². The van der Waals surface area contributed by atoms with Crippen LogP contribution < -0.4 is 11.1 Å². The van der Waals surface area contributed by atoms with E-state index >= 15 is 0 Å². The molecule has 3 N–H and O–H groups in total. The maximum Gasteiger partial charge on any atom is 0.263 e. The first kappa shape index (κ1) is 14.3. The number of nitrogen functional groups attached to an aromatic ring is 1. The van der Waals surface area contributed by atoms with E-state index in [9.17, 15) is 4.79 Å². The molecule has 1 heterocycles. The number of nitrogens with one attached hydrogen (secondary N) is 1. The molecule has 0 radical (unpaired) electrons. The van der Waals surface area contributed by atoms with E-state index in [0.717, 1.165) is 6.54 Å². The van der Waals surface area contributed by atoms with E-state index < -0.39 is 0 Å². The average Bonchev–Trinajstić information content (AvgIpc) is 2.98. The molecule has 1 amide bonds. The monoisotopic (exact) mass is 282 g/mol. The molecule has 0 unspecified atom stereocenters. The molecule has 1 aromatic heterocycles. The van der Waals surface area contributed by atoms with Gasteiger partial charge in [0.25, 0.3) is 5.91 Å². The number of hydrogen-bond donors (Lipinski definition) is 2. The zero-order valence-corrected chi connectivity index (χ0v) is 12.4. The summed E-state index contributed by atoms with van der Waals surface area (Å²) in [7, 11) is 2.14. The van der Waals surface area contributed by atoms with Crippen molar-refractivity contribution in [3.8, 4) is 0 Å². The van der Waals surface area contributed by atoms with Gasteiger partial charge in [-0.2, -0.15) is 0 Å². The second kappa shape index (κ2) is 6.34. The lowest BCUT2D eigenvalue weighted by atomic mass is 10.2. The van der Waals surface area contributed by atoms with Gasteiger partial charge in [0.05, 0.1) is 5.69 Å². The number of aryl methyl sites for hydroxylation is 1. The summed E-state index contributed by atoms with van der Waals surface area (Å²) < 4.78 is 0. The van der Waals surface area contributed by atoms with E-state index in [1.807, 2.05) is 6.92 Å². The van der Waals surface area contributed by atoms with E-state index in [1.54, 1.807) is 0 Å². The Bertz CT molecular complexity index is 440. The third kappa shape index (κ3) is 3.67. The highest BCUT2D eigenvalue weighted by atomic mass is 32.1. The van der Waals surface area contributed by atoms with Gasteiger partial charge < -0.3 is 16.0 Å². The largest absolute Gasteiger partial charge is 0.375 e. The Labute approximate surface area is 118 Å². The summed E-state index contributed by atoms with van der Waals surface area (Å²) in [5.74, 6) is -0.0634. The van der Waals surface area contributed by atoms with Crippen LogP contribution in [0.1, 0.15) is 41.0 Å². The molecule has 5 nitrogen and oxygen atoms in total. The fourth-order valence-electron chi connectivity index (χ4n) is 2.58. The van der Waals surface area contributed by atoms with Crippen molar-refractivity contribution >= 4 is 22.4 Å². The van der Waals surface area contributed by atoms with Gasteiger partial charge in [-0.1, -0.05) is 24.2 Å². The van der Waals surface area contributed by atoms with Crippen molar-refractivity contribution in [3.05, 3.63) is 10.6 Å². The van der Waals surface area contributed by atoms with Gasteiger partial charge in [0.2, 0.25) is 0 Å². The van der Waals surface area contributed by atoms with Crippen molar-refractivity contribution in [1.82, 2.24) is 15.2 Å². The molecule has 2 rings (SSSR count). The van der Waals surface area contributed by atoms with Gasteiger partial charge in [0, 0.05) is 19.1 Å². The summed E-state index contributed by atoms with van der Waals surface area (Å²) in [5.41, 5.74) is 6.31. The molecule has 0 bridgehead atoms. The van der Waals surface area contributed by atoms with Crippen LogP contribution in [0.15, 0.2) is 0 Å². The van der Waals surface area contributed by atoms with Crippen LogP contribution in [0.25, 0.3) is 0 Å². The topological polar surface area (TPSA) is 71.2 Å². The van der Waals surface area contributed by atoms with Crippen molar-refractivity contribution in [2.75, 3.05) is 25.9 Å². The molecule has 1 fully saturated rings. The van der Waals surface area contributed by atoms with Crippen LogP contribution in [-0.2, 0) is 0 Å². The molecule has 0 atom stereocenters. The first-order chi connectivity index (χ1) is 9.08. The molecule has 1 aromatic rings. The fraction of sp³-hybridized carbons (Fsp3) is 0.692. The predicted octanol–water partition coefficient (Wildman–Crippen LogP) is 1.64. The van der Waals surface area contributed by atoms with Gasteiger partial charge in [-0.25, -0.2) is 4.98 Å². The summed E-state index contributed by atoms with van der Waals surface area (Å²) in [6.07, 6.45) is 5.24. The van der Waals surface area contributed by atoms with Crippen LogP contribution >= 0.6 is 11.3 Å². The molecule has 0 aliphatic heterocycles. The molecule has 6 heteroatoms.